The monoisotopic (exact) mass is 585 g/mol. The van der Waals surface area contributed by atoms with Crippen molar-refractivity contribution < 1.29 is 24.0 Å². The first-order valence-corrected chi connectivity index (χ1v) is 15.5. The Balaban J connectivity index is 1.34. The SMILES string of the molecule is CCCCCCCCCCCCCCOc1ccc(C(=O)Oc2ccc(C(=O)/C=C/c3ccccc3[N+](=O)[O-])cc2)cc1. The number of allylic oxidation sites excluding steroid dienone is 1. The molecule has 0 aliphatic rings. The number of hydrogen-bond donors (Lipinski definition) is 0. The van der Waals surface area contributed by atoms with Gasteiger partial charge in [0.15, 0.2) is 5.78 Å². The van der Waals surface area contributed by atoms with Crippen LogP contribution in [0.2, 0.25) is 0 Å². The van der Waals surface area contributed by atoms with Gasteiger partial charge in [-0.25, -0.2) is 4.79 Å². The van der Waals surface area contributed by atoms with E-state index in [0.29, 0.717) is 29.0 Å². The zero-order chi connectivity index (χ0) is 30.7. The number of esters is 1. The van der Waals surface area contributed by atoms with Crippen LogP contribution in [-0.2, 0) is 0 Å². The number of nitro benzene ring substituents is 1. The molecule has 0 saturated carbocycles. The molecular formula is C36H43NO6. The van der Waals surface area contributed by atoms with Crippen LogP contribution >= 0.6 is 0 Å². The molecule has 0 spiro atoms. The maximum absolute atomic E-state index is 12.6. The van der Waals surface area contributed by atoms with Gasteiger partial charge in [0.2, 0.25) is 0 Å². The van der Waals surface area contributed by atoms with E-state index in [-0.39, 0.29) is 11.5 Å². The molecule has 3 aromatic rings. The average molecular weight is 586 g/mol. The lowest BCUT2D eigenvalue weighted by atomic mass is 10.1. The number of hydrogen-bond acceptors (Lipinski definition) is 6. The second-order valence-electron chi connectivity index (χ2n) is 10.7. The first-order chi connectivity index (χ1) is 21.0. The molecule has 0 atom stereocenters. The number of para-hydroxylation sites is 1. The van der Waals surface area contributed by atoms with Gasteiger partial charge in [-0.05, 0) is 73.2 Å². The number of ketones is 1. The summed E-state index contributed by atoms with van der Waals surface area (Å²) in [5, 5.41) is 11.1. The van der Waals surface area contributed by atoms with E-state index in [1.165, 1.54) is 94.6 Å². The van der Waals surface area contributed by atoms with Crippen LogP contribution in [0, 0.1) is 10.1 Å². The Kier molecular flexibility index (Phi) is 14.7. The molecule has 0 amide bonds. The average Bonchev–Trinajstić information content (AvgIpc) is 3.02. The maximum atomic E-state index is 12.6. The van der Waals surface area contributed by atoms with Crippen molar-refractivity contribution in [3.05, 3.63) is 106 Å². The minimum absolute atomic E-state index is 0.0759. The molecule has 7 nitrogen and oxygen atoms in total. The summed E-state index contributed by atoms with van der Waals surface area (Å²) in [6.45, 7) is 2.91. The van der Waals surface area contributed by atoms with E-state index in [1.807, 2.05) is 0 Å². The van der Waals surface area contributed by atoms with Crippen molar-refractivity contribution in [1.82, 2.24) is 0 Å². The van der Waals surface area contributed by atoms with Gasteiger partial charge in [-0.3, -0.25) is 14.9 Å². The minimum Gasteiger partial charge on any atom is -0.494 e. The predicted molar refractivity (Wildman–Crippen MR) is 171 cm³/mol. The number of nitro groups is 1. The van der Waals surface area contributed by atoms with Crippen molar-refractivity contribution in [1.29, 1.82) is 0 Å². The number of benzene rings is 3. The lowest BCUT2D eigenvalue weighted by Crippen LogP contribution is -2.08. The topological polar surface area (TPSA) is 95.7 Å². The molecule has 7 heteroatoms. The fraction of sp³-hybridized carbons (Fsp3) is 0.389. The van der Waals surface area contributed by atoms with E-state index in [2.05, 4.69) is 6.92 Å². The zero-order valence-electron chi connectivity index (χ0n) is 25.2. The summed E-state index contributed by atoms with van der Waals surface area (Å²) in [7, 11) is 0. The lowest BCUT2D eigenvalue weighted by Gasteiger charge is -2.08. The Labute approximate surface area is 255 Å². The van der Waals surface area contributed by atoms with Crippen LogP contribution in [0.4, 0.5) is 5.69 Å². The highest BCUT2D eigenvalue weighted by Crippen LogP contribution is 2.21. The van der Waals surface area contributed by atoms with Crippen LogP contribution in [0.25, 0.3) is 6.08 Å². The highest BCUT2D eigenvalue weighted by molar-refractivity contribution is 6.07. The maximum Gasteiger partial charge on any atom is 0.343 e. The molecule has 0 N–H and O–H groups in total. The van der Waals surface area contributed by atoms with Gasteiger partial charge < -0.3 is 9.47 Å². The van der Waals surface area contributed by atoms with E-state index in [9.17, 15) is 19.7 Å². The third-order valence-electron chi connectivity index (χ3n) is 7.25. The van der Waals surface area contributed by atoms with Gasteiger partial charge in [0.25, 0.3) is 5.69 Å². The highest BCUT2D eigenvalue weighted by Gasteiger charge is 2.12. The lowest BCUT2D eigenvalue weighted by molar-refractivity contribution is -0.385. The van der Waals surface area contributed by atoms with Crippen LogP contribution in [0.3, 0.4) is 0 Å². The Morgan fingerprint density at radius 3 is 1.84 bits per heavy atom. The first kappa shape index (κ1) is 33.2. The van der Waals surface area contributed by atoms with E-state index < -0.39 is 10.9 Å². The molecule has 0 aliphatic heterocycles. The molecule has 3 aromatic carbocycles. The van der Waals surface area contributed by atoms with Gasteiger partial charge in [-0.2, -0.15) is 0 Å². The molecule has 0 saturated heterocycles. The summed E-state index contributed by atoms with van der Waals surface area (Å²) in [4.78, 5) is 35.8. The summed E-state index contributed by atoms with van der Waals surface area (Å²) < 4.78 is 11.3. The van der Waals surface area contributed by atoms with Crippen LogP contribution in [0.5, 0.6) is 11.5 Å². The number of rotatable bonds is 20. The standard InChI is InChI=1S/C36H43NO6/c1-2-3-4-5-6-7-8-9-10-11-12-15-28-42-32-23-20-31(21-24-32)36(39)43-33-25-18-30(19-26-33)35(38)27-22-29-16-13-14-17-34(29)37(40)41/h13-14,16-27H,2-12,15,28H2,1H3/b27-22+. The second kappa shape index (κ2) is 19.0. The Hall–Kier alpha value is -4.26. The van der Waals surface area contributed by atoms with Gasteiger partial charge in [0.1, 0.15) is 11.5 Å². The van der Waals surface area contributed by atoms with E-state index >= 15 is 0 Å². The molecule has 0 radical (unpaired) electrons. The number of carbonyl (C=O) groups is 2. The van der Waals surface area contributed by atoms with E-state index in [0.717, 1.165) is 18.6 Å². The summed E-state index contributed by atoms with van der Waals surface area (Å²) in [5.74, 6) is 0.186. The second-order valence-corrected chi connectivity index (χ2v) is 10.7. The van der Waals surface area contributed by atoms with Gasteiger partial charge in [-0.15, -0.1) is 0 Å². The van der Waals surface area contributed by atoms with Crippen molar-refractivity contribution in [3.8, 4) is 11.5 Å². The number of carbonyl (C=O) groups excluding carboxylic acids is 2. The van der Waals surface area contributed by atoms with Crippen molar-refractivity contribution in [3.63, 3.8) is 0 Å². The van der Waals surface area contributed by atoms with Crippen molar-refractivity contribution >= 4 is 23.5 Å². The third-order valence-corrected chi connectivity index (χ3v) is 7.25. The molecule has 0 heterocycles. The molecule has 228 valence electrons. The van der Waals surface area contributed by atoms with E-state index in [1.54, 1.807) is 54.6 Å². The Morgan fingerprint density at radius 2 is 1.23 bits per heavy atom. The quantitative estimate of drug-likeness (QED) is 0.0249. The summed E-state index contributed by atoms with van der Waals surface area (Å²) in [6, 6.07) is 19.2. The van der Waals surface area contributed by atoms with Crippen LogP contribution in [-0.4, -0.2) is 23.3 Å². The first-order valence-electron chi connectivity index (χ1n) is 15.5. The predicted octanol–water partition coefficient (Wildman–Crippen LogP) is 9.79. The normalized spacial score (nSPS) is 11.0. The van der Waals surface area contributed by atoms with Crippen LogP contribution < -0.4 is 9.47 Å². The van der Waals surface area contributed by atoms with E-state index in [4.69, 9.17) is 9.47 Å². The molecule has 0 fully saturated rings. The van der Waals surface area contributed by atoms with Gasteiger partial charge in [0.05, 0.1) is 22.7 Å². The van der Waals surface area contributed by atoms with Crippen molar-refractivity contribution in [2.24, 2.45) is 0 Å². The highest BCUT2D eigenvalue weighted by atomic mass is 16.6. The molecule has 0 bridgehead atoms. The van der Waals surface area contributed by atoms with Gasteiger partial charge in [-0.1, -0.05) is 89.7 Å². The molecule has 0 aromatic heterocycles. The summed E-state index contributed by atoms with van der Waals surface area (Å²) in [6.07, 6.45) is 18.3. The van der Waals surface area contributed by atoms with Crippen molar-refractivity contribution in [2.75, 3.05) is 6.61 Å². The molecular weight excluding hydrogens is 542 g/mol. The molecule has 3 rings (SSSR count). The minimum atomic E-state index is -0.511. The fourth-order valence-electron chi connectivity index (χ4n) is 4.73. The number of ether oxygens (including phenoxy) is 2. The fourth-order valence-corrected chi connectivity index (χ4v) is 4.73. The Bertz CT molecular complexity index is 1310. The van der Waals surface area contributed by atoms with Gasteiger partial charge >= 0.3 is 5.97 Å². The molecule has 0 unspecified atom stereocenters. The molecule has 0 aliphatic carbocycles. The number of nitrogens with zero attached hydrogens (tertiary/aromatic N) is 1. The number of unbranched alkanes of at least 4 members (excludes halogenated alkanes) is 11. The third kappa shape index (κ3) is 12.2. The molecule has 43 heavy (non-hydrogen) atoms. The van der Waals surface area contributed by atoms with Crippen LogP contribution in [0.15, 0.2) is 78.9 Å². The zero-order valence-corrected chi connectivity index (χ0v) is 25.2. The van der Waals surface area contributed by atoms with Crippen LogP contribution in [0.1, 0.15) is 110 Å². The van der Waals surface area contributed by atoms with Gasteiger partial charge in [0, 0.05) is 11.6 Å². The summed E-state index contributed by atoms with van der Waals surface area (Å²) in [5.41, 5.74) is 1.02. The summed E-state index contributed by atoms with van der Waals surface area (Å²) >= 11 is 0. The van der Waals surface area contributed by atoms with Crippen molar-refractivity contribution in [2.45, 2.75) is 84.0 Å². The smallest absolute Gasteiger partial charge is 0.343 e. The Morgan fingerprint density at radius 1 is 0.698 bits per heavy atom. The largest absolute Gasteiger partial charge is 0.494 e.